The Balaban J connectivity index is 2.24. The van der Waals surface area contributed by atoms with Crippen molar-refractivity contribution >= 4 is 15.5 Å². The molecule has 0 spiro atoms. The molecule has 0 unspecified atom stereocenters. The predicted molar refractivity (Wildman–Crippen MR) is 83.6 cm³/mol. The minimum atomic E-state index is -3.51. The van der Waals surface area contributed by atoms with Crippen LogP contribution in [0.25, 0.3) is 0 Å². The fourth-order valence-corrected chi connectivity index (χ4v) is 3.13. The molecular weight excluding hydrogens is 302 g/mol. The Morgan fingerprint density at radius 2 is 1.64 bits per heavy atom. The summed E-state index contributed by atoms with van der Waals surface area (Å²) in [6.45, 7) is 1.76. The molecule has 6 heteroatoms. The number of hydrogen-bond donors (Lipinski definition) is 1. The summed E-state index contributed by atoms with van der Waals surface area (Å²) in [6.07, 6.45) is 0. The van der Waals surface area contributed by atoms with Gasteiger partial charge in [-0.1, -0.05) is 35.5 Å². The summed E-state index contributed by atoms with van der Waals surface area (Å²) in [5, 5.41) is 12.5. The minimum Gasteiger partial charge on any atom is -0.393 e. The molecule has 5 nitrogen and oxygen atoms in total. The molecule has 116 valence electrons. The van der Waals surface area contributed by atoms with Crippen molar-refractivity contribution in [2.75, 3.05) is 13.2 Å². The standard InChI is InChI=1S/C16H17NO4S/c1-13(17-21-12-11-18)14-7-9-16(10-8-14)22(19,20)15-5-3-2-4-6-15/h2-10,18H,11-12H2,1H3. The van der Waals surface area contributed by atoms with E-state index in [0.29, 0.717) is 5.71 Å². The zero-order chi connectivity index (χ0) is 16.0. The number of aliphatic hydroxyl groups excluding tert-OH is 1. The highest BCUT2D eigenvalue weighted by Crippen LogP contribution is 2.20. The summed E-state index contributed by atoms with van der Waals surface area (Å²) in [4.78, 5) is 5.38. The van der Waals surface area contributed by atoms with Gasteiger partial charge in [-0.05, 0) is 36.8 Å². The molecule has 0 aliphatic rings. The van der Waals surface area contributed by atoms with E-state index in [0.717, 1.165) is 5.56 Å². The van der Waals surface area contributed by atoms with E-state index in [2.05, 4.69) is 5.16 Å². The maximum absolute atomic E-state index is 12.4. The number of rotatable bonds is 6. The first-order valence-electron chi connectivity index (χ1n) is 6.73. The maximum Gasteiger partial charge on any atom is 0.206 e. The molecule has 1 N–H and O–H groups in total. The van der Waals surface area contributed by atoms with E-state index in [1.807, 2.05) is 0 Å². The van der Waals surface area contributed by atoms with E-state index in [4.69, 9.17) is 9.94 Å². The van der Waals surface area contributed by atoms with Crippen LogP contribution in [-0.4, -0.2) is 32.4 Å². The van der Waals surface area contributed by atoms with Crippen LogP contribution in [0.5, 0.6) is 0 Å². The van der Waals surface area contributed by atoms with Crippen LogP contribution in [0.15, 0.2) is 69.5 Å². The molecule has 0 aromatic heterocycles. The number of hydrogen-bond acceptors (Lipinski definition) is 5. The van der Waals surface area contributed by atoms with Crippen molar-refractivity contribution in [1.29, 1.82) is 0 Å². The minimum absolute atomic E-state index is 0.106. The van der Waals surface area contributed by atoms with Crippen LogP contribution in [0.4, 0.5) is 0 Å². The van der Waals surface area contributed by atoms with Gasteiger partial charge in [0, 0.05) is 0 Å². The van der Waals surface area contributed by atoms with Gasteiger partial charge in [-0.3, -0.25) is 0 Å². The first-order valence-corrected chi connectivity index (χ1v) is 8.22. The highest BCUT2D eigenvalue weighted by molar-refractivity contribution is 7.91. The van der Waals surface area contributed by atoms with Crippen LogP contribution in [0.2, 0.25) is 0 Å². The van der Waals surface area contributed by atoms with Gasteiger partial charge in [-0.25, -0.2) is 8.42 Å². The van der Waals surface area contributed by atoms with Crippen LogP contribution in [0, 0.1) is 0 Å². The molecular formula is C16H17NO4S. The Morgan fingerprint density at radius 1 is 1.05 bits per heavy atom. The molecule has 0 heterocycles. The number of aliphatic hydroxyl groups is 1. The van der Waals surface area contributed by atoms with E-state index >= 15 is 0 Å². The predicted octanol–water partition coefficient (Wildman–Crippen LogP) is 2.25. The normalized spacial score (nSPS) is 12.2. The second-order valence-corrected chi connectivity index (χ2v) is 6.52. The highest BCUT2D eigenvalue weighted by atomic mass is 32.2. The van der Waals surface area contributed by atoms with Crippen molar-refractivity contribution in [3.8, 4) is 0 Å². The van der Waals surface area contributed by atoms with Gasteiger partial charge in [-0.2, -0.15) is 0 Å². The molecule has 0 bridgehead atoms. The van der Waals surface area contributed by atoms with Gasteiger partial charge in [-0.15, -0.1) is 0 Å². The van der Waals surface area contributed by atoms with Gasteiger partial charge in [0.05, 0.1) is 22.1 Å². The Bertz CT molecular complexity index is 737. The molecule has 0 radical (unpaired) electrons. The SMILES string of the molecule is CC(=NOCCO)c1ccc(S(=O)(=O)c2ccccc2)cc1. The lowest BCUT2D eigenvalue weighted by atomic mass is 10.1. The summed E-state index contributed by atoms with van der Waals surface area (Å²) in [6, 6.07) is 14.7. The lowest BCUT2D eigenvalue weighted by molar-refractivity contribution is 0.0986. The van der Waals surface area contributed by atoms with Gasteiger partial charge in [0.25, 0.3) is 0 Å². The summed E-state index contributed by atoms with van der Waals surface area (Å²) >= 11 is 0. The Hall–Kier alpha value is -2.18. The molecule has 22 heavy (non-hydrogen) atoms. The molecule has 2 aromatic carbocycles. The Morgan fingerprint density at radius 3 is 2.23 bits per heavy atom. The van der Waals surface area contributed by atoms with Crippen LogP contribution in [0.1, 0.15) is 12.5 Å². The van der Waals surface area contributed by atoms with Gasteiger partial charge in [0.2, 0.25) is 9.84 Å². The van der Waals surface area contributed by atoms with Crippen LogP contribution in [0.3, 0.4) is 0 Å². The molecule has 0 atom stereocenters. The van der Waals surface area contributed by atoms with Crippen molar-refractivity contribution in [1.82, 2.24) is 0 Å². The third-order valence-corrected chi connectivity index (χ3v) is 4.81. The average Bonchev–Trinajstić information content (AvgIpc) is 2.56. The van der Waals surface area contributed by atoms with E-state index < -0.39 is 9.84 Å². The average molecular weight is 319 g/mol. The molecule has 0 saturated heterocycles. The van der Waals surface area contributed by atoms with Crippen molar-refractivity contribution < 1.29 is 18.4 Å². The van der Waals surface area contributed by atoms with Crippen LogP contribution in [-0.2, 0) is 14.7 Å². The van der Waals surface area contributed by atoms with Crippen LogP contribution < -0.4 is 0 Å². The summed E-state index contributed by atoms with van der Waals surface area (Å²) < 4.78 is 24.9. The third kappa shape index (κ3) is 3.72. The van der Waals surface area contributed by atoms with E-state index in [1.54, 1.807) is 61.5 Å². The Labute approximate surface area is 129 Å². The summed E-state index contributed by atoms with van der Waals surface area (Å²) in [5.74, 6) is 0. The number of oxime groups is 1. The van der Waals surface area contributed by atoms with Crippen molar-refractivity contribution in [3.63, 3.8) is 0 Å². The first-order chi connectivity index (χ1) is 10.6. The smallest absolute Gasteiger partial charge is 0.206 e. The third-order valence-electron chi connectivity index (χ3n) is 3.02. The van der Waals surface area contributed by atoms with E-state index in [9.17, 15) is 8.42 Å². The molecule has 0 aliphatic heterocycles. The number of sulfone groups is 1. The lowest BCUT2D eigenvalue weighted by Gasteiger charge is -2.06. The number of nitrogens with zero attached hydrogens (tertiary/aromatic N) is 1. The Kier molecular flexibility index (Phi) is 5.30. The van der Waals surface area contributed by atoms with Crippen molar-refractivity contribution in [2.24, 2.45) is 5.16 Å². The van der Waals surface area contributed by atoms with Crippen molar-refractivity contribution in [2.45, 2.75) is 16.7 Å². The molecule has 0 aliphatic carbocycles. The highest BCUT2D eigenvalue weighted by Gasteiger charge is 2.16. The van der Waals surface area contributed by atoms with Gasteiger partial charge < -0.3 is 9.94 Å². The molecule has 2 aromatic rings. The fraction of sp³-hybridized carbons (Fsp3) is 0.188. The maximum atomic E-state index is 12.4. The number of benzene rings is 2. The largest absolute Gasteiger partial charge is 0.393 e. The molecule has 0 amide bonds. The van der Waals surface area contributed by atoms with Crippen molar-refractivity contribution in [3.05, 3.63) is 60.2 Å². The second kappa shape index (κ2) is 7.20. The second-order valence-electron chi connectivity index (χ2n) is 4.57. The molecule has 2 rings (SSSR count). The monoisotopic (exact) mass is 319 g/mol. The lowest BCUT2D eigenvalue weighted by Crippen LogP contribution is -2.03. The molecule has 0 fully saturated rings. The van der Waals surface area contributed by atoms with Gasteiger partial charge >= 0.3 is 0 Å². The summed E-state index contributed by atoms with van der Waals surface area (Å²) in [5.41, 5.74) is 1.36. The molecule has 0 saturated carbocycles. The first kappa shape index (κ1) is 16.2. The van der Waals surface area contributed by atoms with Crippen LogP contribution >= 0.6 is 0 Å². The fourth-order valence-electron chi connectivity index (χ4n) is 1.85. The summed E-state index contributed by atoms with van der Waals surface area (Å²) in [7, 11) is -3.51. The zero-order valence-electron chi connectivity index (χ0n) is 12.1. The van der Waals surface area contributed by atoms with E-state index in [-0.39, 0.29) is 23.0 Å². The van der Waals surface area contributed by atoms with Gasteiger partial charge in [0.15, 0.2) is 0 Å². The quantitative estimate of drug-likeness (QED) is 0.503. The topological polar surface area (TPSA) is 76.0 Å². The van der Waals surface area contributed by atoms with E-state index in [1.165, 1.54) is 0 Å². The zero-order valence-corrected chi connectivity index (χ0v) is 13.0. The van der Waals surface area contributed by atoms with Gasteiger partial charge in [0.1, 0.15) is 6.61 Å².